The van der Waals surface area contributed by atoms with Crippen molar-refractivity contribution in [2.24, 2.45) is 0 Å². The van der Waals surface area contributed by atoms with Gasteiger partial charge in [0.05, 0.1) is 0 Å². The molecule has 0 radical (unpaired) electrons. The Morgan fingerprint density at radius 3 is 2.67 bits per heavy atom. The van der Waals surface area contributed by atoms with Crippen molar-refractivity contribution in [3.63, 3.8) is 0 Å². The van der Waals surface area contributed by atoms with Crippen LogP contribution in [0, 0.1) is 0 Å². The Morgan fingerprint density at radius 1 is 1.13 bits per heavy atom. The number of thioether (sulfide) groups is 1. The van der Waals surface area contributed by atoms with Crippen molar-refractivity contribution in [2.45, 2.75) is 37.2 Å². The Bertz CT molecular complexity index is 950. The molecule has 2 aliphatic heterocycles. The number of carbonyl (C=O) groups is 3. The van der Waals surface area contributed by atoms with Gasteiger partial charge in [-0.05, 0) is 37.0 Å². The van der Waals surface area contributed by atoms with Gasteiger partial charge in [-0.25, -0.2) is 0 Å². The van der Waals surface area contributed by atoms with Crippen LogP contribution < -0.4 is 10.6 Å². The molecule has 2 aromatic carbocycles. The lowest BCUT2D eigenvalue weighted by Gasteiger charge is -2.24. The average molecular weight is 424 g/mol. The van der Waals surface area contributed by atoms with E-state index < -0.39 is 12.1 Å². The van der Waals surface area contributed by atoms with Crippen LogP contribution in [0.1, 0.15) is 40.2 Å². The van der Waals surface area contributed by atoms with E-state index in [2.05, 4.69) is 22.8 Å². The van der Waals surface area contributed by atoms with Gasteiger partial charge in [0, 0.05) is 17.9 Å². The molecule has 0 aromatic heterocycles. The van der Waals surface area contributed by atoms with E-state index in [1.54, 1.807) is 29.7 Å². The van der Waals surface area contributed by atoms with Gasteiger partial charge < -0.3 is 15.5 Å². The summed E-state index contributed by atoms with van der Waals surface area (Å²) in [5.74, 6) is -0.0753. The van der Waals surface area contributed by atoms with E-state index >= 15 is 0 Å². The normalized spacial score (nSPS) is 20.4. The molecule has 6 nitrogen and oxygen atoms in total. The first-order valence-electron chi connectivity index (χ1n) is 10.2. The Labute approximate surface area is 180 Å². The molecular formula is C23H25N3O3S. The lowest BCUT2D eigenvalue weighted by molar-refractivity contribution is -0.130. The number of fused-ring (bicyclic) bond motifs is 3. The minimum Gasteiger partial charge on any atom is -0.354 e. The minimum atomic E-state index is -0.654. The molecule has 2 aromatic rings. The van der Waals surface area contributed by atoms with Crippen LogP contribution in [0.15, 0.2) is 54.6 Å². The van der Waals surface area contributed by atoms with Gasteiger partial charge in [0.15, 0.2) is 0 Å². The third-order valence-corrected chi connectivity index (χ3v) is 6.84. The second-order valence-corrected chi connectivity index (χ2v) is 8.72. The van der Waals surface area contributed by atoms with Crippen LogP contribution in [0.5, 0.6) is 0 Å². The van der Waals surface area contributed by atoms with Gasteiger partial charge in [0.2, 0.25) is 11.8 Å². The maximum atomic E-state index is 12.8. The summed E-state index contributed by atoms with van der Waals surface area (Å²) >= 11 is 1.59. The second kappa shape index (κ2) is 8.92. The van der Waals surface area contributed by atoms with Gasteiger partial charge in [-0.2, -0.15) is 0 Å². The number of carbonyl (C=O) groups excluding carboxylic acids is 3. The maximum absolute atomic E-state index is 12.8. The van der Waals surface area contributed by atoms with Crippen LogP contribution in [0.3, 0.4) is 0 Å². The van der Waals surface area contributed by atoms with Crippen molar-refractivity contribution in [2.75, 3.05) is 12.3 Å². The number of nitrogens with one attached hydrogen (secondary N) is 2. The van der Waals surface area contributed by atoms with Crippen LogP contribution in [0.25, 0.3) is 0 Å². The summed E-state index contributed by atoms with van der Waals surface area (Å²) < 4.78 is 0. The fraction of sp³-hybridized carbons (Fsp3) is 0.348. The monoisotopic (exact) mass is 423 g/mol. The Balaban J connectivity index is 1.27. The molecule has 7 heteroatoms. The zero-order valence-corrected chi connectivity index (χ0v) is 17.7. The number of hydrogen-bond acceptors (Lipinski definition) is 4. The van der Waals surface area contributed by atoms with Crippen molar-refractivity contribution < 1.29 is 14.4 Å². The minimum absolute atomic E-state index is 0.112. The van der Waals surface area contributed by atoms with Gasteiger partial charge in [0.25, 0.3) is 5.91 Å². The van der Waals surface area contributed by atoms with Gasteiger partial charge in [0.1, 0.15) is 17.5 Å². The summed E-state index contributed by atoms with van der Waals surface area (Å²) in [5.41, 5.74) is 2.86. The van der Waals surface area contributed by atoms with Crippen LogP contribution in [0.2, 0.25) is 0 Å². The highest BCUT2D eigenvalue weighted by atomic mass is 32.2. The third kappa shape index (κ3) is 4.07. The van der Waals surface area contributed by atoms with E-state index in [1.807, 2.05) is 36.4 Å². The van der Waals surface area contributed by atoms with Gasteiger partial charge in [-0.15, -0.1) is 11.8 Å². The number of aryl methyl sites for hydroxylation is 1. The molecule has 4 rings (SSSR count). The first-order valence-corrected chi connectivity index (χ1v) is 11.3. The fourth-order valence-corrected chi connectivity index (χ4v) is 5.38. The molecule has 1 unspecified atom stereocenters. The Hall–Kier alpha value is -2.80. The molecule has 0 spiro atoms. The van der Waals surface area contributed by atoms with E-state index in [-0.39, 0.29) is 23.1 Å². The van der Waals surface area contributed by atoms with E-state index in [0.717, 1.165) is 18.4 Å². The molecule has 0 bridgehead atoms. The third-order valence-electron chi connectivity index (χ3n) is 5.53. The predicted octanol–water partition coefficient (Wildman–Crippen LogP) is 2.51. The standard InChI is InChI=1S/C23H25N3O3S/c1-15(20(27)24-13-7-10-16-8-3-2-4-9-16)25-21(28)19-14-30-23-18-12-6-5-11-17(18)22(29)26(19)23/h2-6,8-9,11-12,15,19,23H,7,10,13-14H2,1H3,(H,24,27)(H,25,28)/t15-,19-,23?/m0/s1. The quantitative estimate of drug-likeness (QED) is 0.671. The highest BCUT2D eigenvalue weighted by molar-refractivity contribution is 7.99. The number of rotatable bonds is 7. The van der Waals surface area contributed by atoms with E-state index in [9.17, 15) is 14.4 Å². The predicted molar refractivity (Wildman–Crippen MR) is 117 cm³/mol. The molecule has 0 saturated carbocycles. The highest BCUT2D eigenvalue weighted by Gasteiger charge is 2.48. The molecule has 1 saturated heterocycles. The summed E-state index contributed by atoms with van der Waals surface area (Å²) in [6.45, 7) is 2.22. The number of amides is 3. The van der Waals surface area contributed by atoms with Gasteiger partial charge in [-0.3, -0.25) is 14.4 Å². The average Bonchev–Trinajstić information content (AvgIpc) is 3.32. The first kappa shape index (κ1) is 20.5. The zero-order chi connectivity index (χ0) is 21.1. The molecule has 2 aliphatic rings. The largest absolute Gasteiger partial charge is 0.354 e. The van der Waals surface area contributed by atoms with Crippen molar-refractivity contribution in [3.05, 3.63) is 71.3 Å². The van der Waals surface area contributed by atoms with Gasteiger partial charge in [-0.1, -0.05) is 48.5 Å². The molecule has 0 aliphatic carbocycles. The van der Waals surface area contributed by atoms with Crippen LogP contribution >= 0.6 is 11.8 Å². The second-order valence-electron chi connectivity index (χ2n) is 7.61. The summed E-state index contributed by atoms with van der Waals surface area (Å²) in [4.78, 5) is 39.6. The van der Waals surface area contributed by atoms with Crippen molar-refractivity contribution >= 4 is 29.5 Å². The molecule has 2 N–H and O–H groups in total. The topological polar surface area (TPSA) is 78.5 Å². The molecule has 3 atom stereocenters. The Morgan fingerprint density at radius 2 is 1.87 bits per heavy atom. The van der Waals surface area contributed by atoms with Crippen molar-refractivity contribution in [1.29, 1.82) is 0 Å². The van der Waals surface area contributed by atoms with Crippen LogP contribution in [-0.2, 0) is 16.0 Å². The summed E-state index contributed by atoms with van der Waals surface area (Å²) in [7, 11) is 0. The van der Waals surface area contributed by atoms with E-state index in [0.29, 0.717) is 17.9 Å². The number of nitrogens with zero attached hydrogens (tertiary/aromatic N) is 1. The lowest BCUT2D eigenvalue weighted by Crippen LogP contribution is -2.52. The van der Waals surface area contributed by atoms with Crippen molar-refractivity contribution in [1.82, 2.24) is 15.5 Å². The molecular weight excluding hydrogens is 398 g/mol. The Kier molecular flexibility index (Phi) is 6.08. The summed E-state index contributed by atoms with van der Waals surface area (Å²) in [6, 6.07) is 16.4. The number of benzene rings is 2. The van der Waals surface area contributed by atoms with E-state index in [1.165, 1.54) is 5.56 Å². The van der Waals surface area contributed by atoms with Gasteiger partial charge >= 0.3 is 0 Å². The van der Waals surface area contributed by atoms with Crippen molar-refractivity contribution in [3.8, 4) is 0 Å². The molecule has 1 fully saturated rings. The fourth-order valence-electron chi connectivity index (χ4n) is 3.92. The molecule has 3 amide bonds. The SMILES string of the molecule is C[C@H](NC(=O)[C@@H]1CSC2c3ccccc3C(=O)N21)C(=O)NCCCc1ccccc1. The lowest BCUT2D eigenvalue weighted by atomic mass is 10.1. The number of hydrogen-bond donors (Lipinski definition) is 2. The van der Waals surface area contributed by atoms with Crippen LogP contribution in [0.4, 0.5) is 0 Å². The molecule has 2 heterocycles. The highest BCUT2D eigenvalue weighted by Crippen LogP contribution is 2.48. The maximum Gasteiger partial charge on any atom is 0.256 e. The summed E-state index contributed by atoms with van der Waals surface area (Å²) in [5, 5.41) is 5.54. The molecule has 156 valence electrons. The first-order chi connectivity index (χ1) is 14.6. The smallest absolute Gasteiger partial charge is 0.256 e. The summed E-state index contributed by atoms with van der Waals surface area (Å²) in [6.07, 6.45) is 1.72. The van der Waals surface area contributed by atoms with Crippen LogP contribution in [-0.4, -0.2) is 47.0 Å². The zero-order valence-electron chi connectivity index (χ0n) is 16.8. The molecule has 30 heavy (non-hydrogen) atoms. The van der Waals surface area contributed by atoms with E-state index in [4.69, 9.17) is 0 Å².